The Hall–Kier alpha value is -1.10. The molecule has 0 atom stereocenters. The van der Waals surface area contributed by atoms with Crippen molar-refractivity contribution in [2.24, 2.45) is 5.92 Å². The average molecular weight is 253 g/mol. The number of carbonyl (C=O) groups excluding carboxylic acids is 2. The molecule has 102 valence electrons. The fourth-order valence-electron chi connectivity index (χ4n) is 2.77. The van der Waals surface area contributed by atoms with E-state index in [0.717, 1.165) is 51.6 Å². The topological polar surface area (TPSA) is 70.2 Å². The van der Waals surface area contributed by atoms with Crippen molar-refractivity contribution < 1.29 is 9.59 Å². The van der Waals surface area contributed by atoms with Gasteiger partial charge in [-0.3, -0.25) is 10.1 Å². The Morgan fingerprint density at radius 2 is 1.61 bits per heavy atom. The van der Waals surface area contributed by atoms with Gasteiger partial charge >= 0.3 is 6.03 Å². The van der Waals surface area contributed by atoms with E-state index in [1.54, 1.807) is 0 Å². The van der Waals surface area contributed by atoms with Crippen LogP contribution in [0, 0.1) is 5.92 Å². The molecule has 0 aromatic heterocycles. The highest BCUT2D eigenvalue weighted by Gasteiger charge is 2.23. The van der Waals surface area contributed by atoms with Crippen LogP contribution in [0.25, 0.3) is 0 Å². The number of imide groups is 1. The van der Waals surface area contributed by atoms with E-state index in [4.69, 9.17) is 0 Å². The lowest BCUT2D eigenvalue weighted by atomic mass is 9.89. The summed E-state index contributed by atoms with van der Waals surface area (Å²) in [5.74, 6) is -0.0568. The van der Waals surface area contributed by atoms with Gasteiger partial charge in [-0.15, -0.1) is 0 Å². The quantitative estimate of drug-likeness (QED) is 0.691. The molecule has 1 aliphatic carbocycles. The summed E-state index contributed by atoms with van der Waals surface area (Å²) in [4.78, 5) is 23.6. The van der Waals surface area contributed by atoms with E-state index >= 15 is 0 Å². The Morgan fingerprint density at radius 1 is 0.944 bits per heavy atom. The van der Waals surface area contributed by atoms with Crippen LogP contribution in [0.2, 0.25) is 0 Å². The normalized spacial score (nSPS) is 22.4. The van der Waals surface area contributed by atoms with Crippen LogP contribution >= 0.6 is 0 Å². The molecule has 0 unspecified atom stereocenters. The van der Waals surface area contributed by atoms with Crippen LogP contribution in [0.1, 0.15) is 44.9 Å². The highest BCUT2D eigenvalue weighted by molar-refractivity contribution is 5.95. The van der Waals surface area contributed by atoms with E-state index in [9.17, 15) is 9.59 Å². The van der Waals surface area contributed by atoms with E-state index in [2.05, 4.69) is 16.0 Å². The van der Waals surface area contributed by atoms with Gasteiger partial charge in [-0.2, -0.15) is 0 Å². The average Bonchev–Trinajstić information content (AvgIpc) is 2.40. The van der Waals surface area contributed by atoms with Gasteiger partial charge in [0.1, 0.15) is 0 Å². The molecule has 2 aliphatic rings. The Bertz CT molecular complexity index is 295. The predicted octanol–water partition coefficient (Wildman–Crippen LogP) is 1.14. The van der Waals surface area contributed by atoms with Crippen molar-refractivity contribution in [3.63, 3.8) is 0 Å². The van der Waals surface area contributed by atoms with Crippen molar-refractivity contribution in [2.75, 3.05) is 13.1 Å². The van der Waals surface area contributed by atoms with Gasteiger partial charge in [0.15, 0.2) is 0 Å². The van der Waals surface area contributed by atoms with Gasteiger partial charge in [0.25, 0.3) is 0 Å². The van der Waals surface area contributed by atoms with E-state index < -0.39 is 0 Å². The Kier molecular flexibility index (Phi) is 4.99. The second kappa shape index (κ2) is 6.73. The van der Waals surface area contributed by atoms with Crippen molar-refractivity contribution in [1.82, 2.24) is 16.0 Å². The van der Waals surface area contributed by atoms with E-state index in [1.165, 1.54) is 6.42 Å². The van der Waals surface area contributed by atoms with Crippen molar-refractivity contribution >= 4 is 11.9 Å². The molecule has 1 saturated carbocycles. The first-order valence-corrected chi connectivity index (χ1v) is 7.08. The molecule has 1 heterocycles. The maximum atomic E-state index is 11.9. The molecular weight excluding hydrogens is 230 g/mol. The maximum absolute atomic E-state index is 11.9. The van der Waals surface area contributed by atoms with Crippen LogP contribution < -0.4 is 16.0 Å². The van der Waals surface area contributed by atoms with Crippen LogP contribution in [0.3, 0.4) is 0 Å². The largest absolute Gasteiger partial charge is 0.335 e. The predicted molar refractivity (Wildman–Crippen MR) is 69.1 cm³/mol. The fraction of sp³-hybridized carbons (Fsp3) is 0.846. The molecule has 3 N–H and O–H groups in total. The highest BCUT2D eigenvalue weighted by Crippen LogP contribution is 2.23. The minimum absolute atomic E-state index is 0.0394. The first-order valence-electron chi connectivity index (χ1n) is 7.08. The molecule has 2 fully saturated rings. The number of hydrogen-bond acceptors (Lipinski definition) is 3. The smallest absolute Gasteiger partial charge is 0.321 e. The minimum atomic E-state index is -0.322. The summed E-state index contributed by atoms with van der Waals surface area (Å²) in [6.45, 7) is 1.86. The number of urea groups is 1. The van der Waals surface area contributed by atoms with Gasteiger partial charge in [0.05, 0.1) is 0 Å². The molecule has 0 radical (unpaired) electrons. The first kappa shape index (κ1) is 13.3. The van der Waals surface area contributed by atoms with Crippen molar-refractivity contribution in [3.05, 3.63) is 0 Å². The standard InChI is InChI=1S/C13H23N3O2/c17-12(10-4-2-1-3-5-10)16-13(18)15-11-6-8-14-9-7-11/h10-11,14H,1-9H2,(H2,15,16,17,18). The Balaban J connectivity index is 1.70. The summed E-state index contributed by atoms with van der Waals surface area (Å²) in [7, 11) is 0. The Morgan fingerprint density at radius 3 is 2.28 bits per heavy atom. The van der Waals surface area contributed by atoms with Crippen molar-refractivity contribution in [1.29, 1.82) is 0 Å². The van der Waals surface area contributed by atoms with Crippen LogP contribution in [0.15, 0.2) is 0 Å². The molecule has 2 rings (SSSR count). The van der Waals surface area contributed by atoms with E-state index in [-0.39, 0.29) is 23.9 Å². The molecule has 5 heteroatoms. The lowest BCUT2D eigenvalue weighted by Gasteiger charge is -2.25. The number of amides is 3. The van der Waals surface area contributed by atoms with Crippen LogP contribution in [0.4, 0.5) is 4.79 Å². The van der Waals surface area contributed by atoms with Gasteiger partial charge < -0.3 is 10.6 Å². The number of carbonyl (C=O) groups is 2. The molecule has 1 aliphatic heterocycles. The van der Waals surface area contributed by atoms with Gasteiger partial charge in [0.2, 0.25) is 5.91 Å². The second-order valence-electron chi connectivity index (χ2n) is 5.32. The zero-order valence-electron chi connectivity index (χ0n) is 10.8. The highest BCUT2D eigenvalue weighted by atomic mass is 16.2. The lowest BCUT2D eigenvalue weighted by molar-refractivity contribution is -0.124. The summed E-state index contributed by atoms with van der Waals surface area (Å²) in [6, 6.07) is -0.122. The van der Waals surface area contributed by atoms with Crippen LogP contribution in [-0.2, 0) is 4.79 Å². The monoisotopic (exact) mass is 253 g/mol. The van der Waals surface area contributed by atoms with Crippen molar-refractivity contribution in [2.45, 2.75) is 51.0 Å². The molecule has 3 amide bonds. The fourth-order valence-corrected chi connectivity index (χ4v) is 2.77. The molecular formula is C13H23N3O2. The summed E-state index contributed by atoms with van der Waals surface area (Å²) < 4.78 is 0. The third-order valence-electron chi connectivity index (χ3n) is 3.89. The van der Waals surface area contributed by atoms with Gasteiger partial charge in [-0.05, 0) is 38.8 Å². The van der Waals surface area contributed by atoms with E-state index in [0.29, 0.717) is 0 Å². The Labute approximate surface area is 108 Å². The lowest BCUT2D eigenvalue weighted by Crippen LogP contribution is -2.49. The SMILES string of the molecule is O=C(NC(=O)C1CCCCC1)NC1CCNCC1. The molecule has 18 heavy (non-hydrogen) atoms. The summed E-state index contributed by atoms with van der Waals surface area (Å²) in [5, 5.41) is 8.61. The third-order valence-corrected chi connectivity index (χ3v) is 3.89. The summed E-state index contributed by atoms with van der Waals surface area (Å²) >= 11 is 0. The first-order chi connectivity index (χ1) is 8.75. The number of rotatable bonds is 2. The van der Waals surface area contributed by atoms with E-state index in [1.807, 2.05) is 0 Å². The van der Waals surface area contributed by atoms with Gasteiger partial charge in [-0.25, -0.2) is 4.79 Å². The van der Waals surface area contributed by atoms with Crippen LogP contribution in [-0.4, -0.2) is 31.1 Å². The number of nitrogens with one attached hydrogen (secondary N) is 3. The molecule has 0 aromatic rings. The summed E-state index contributed by atoms with van der Waals surface area (Å²) in [6.07, 6.45) is 7.14. The number of piperidine rings is 1. The number of hydrogen-bond donors (Lipinski definition) is 3. The maximum Gasteiger partial charge on any atom is 0.321 e. The molecule has 0 aromatic carbocycles. The van der Waals surface area contributed by atoms with Crippen LogP contribution in [0.5, 0.6) is 0 Å². The molecule has 1 saturated heterocycles. The second-order valence-corrected chi connectivity index (χ2v) is 5.32. The van der Waals surface area contributed by atoms with Gasteiger partial charge in [-0.1, -0.05) is 19.3 Å². The molecule has 0 bridgehead atoms. The molecule has 5 nitrogen and oxygen atoms in total. The zero-order chi connectivity index (χ0) is 12.8. The third kappa shape index (κ3) is 3.98. The van der Waals surface area contributed by atoms with Gasteiger partial charge in [0, 0.05) is 12.0 Å². The zero-order valence-corrected chi connectivity index (χ0v) is 10.8. The summed E-state index contributed by atoms with van der Waals surface area (Å²) in [5.41, 5.74) is 0. The van der Waals surface area contributed by atoms with Crippen molar-refractivity contribution in [3.8, 4) is 0 Å². The molecule has 0 spiro atoms. The minimum Gasteiger partial charge on any atom is -0.335 e.